The molecule has 10 heteroatoms. The Bertz CT molecular complexity index is 1320. The lowest BCUT2D eigenvalue weighted by atomic mass is 10.1. The predicted octanol–water partition coefficient (Wildman–Crippen LogP) is 4.64. The number of guanidine groups is 1. The van der Waals surface area contributed by atoms with Crippen LogP contribution in [-0.2, 0) is 16.6 Å². The van der Waals surface area contributed by atoms with Crippen LogP contribution in [-0.4, -0.2) is 24.2 Å². The van der Waals surface area contributed by atoms with Crippen LogP contribution in [0.4, 0.5) is 0 Å². The number of benzene rings is 3. The summed E-state index contributed by atoms with van der Waals surface area (Å²) in [6, 6.07) is 24.4. The second-order valence-electron chi connectivity index (χ2n) is 7.04. The Labute approximate surface area is 201 Å². The number of nitrogens with one attached hydrogen (secondary N) is 1. The third-order valence-electron chi connectivity index (χ3n) is 4.67. The summed E-state index contributed by atoms with van der Waals surface area (Å²) in [5, 5.41) is 5.87. The fourth-order valence-corrected chi connectivity index (χ4v) is 4.33. The molecule has 0 fully saturated rings. The molecule has 0 aliphatic carbocycles. The second kappa shape index (κ2) is 9.66. The Balaban J connectivity index is 1.62. The average Bonchev–Trinajstić information content (AvgIpc) is 3.23. The van der Waals surface area contributed by atoms with Crippen molar-refractivity contribution >= 4 is 39.2 Å². The van der Waals surface area contributed by atoms with Gasteiger partial charge in [-0.25, -0.2) is 22.8 Å². The van der Waals surface area contributed by atoms with Crippen molar-refractivity contribution in [2.24, 2.45) is 10.7 Å². The molecule has 0 atom stereocenters. The highest BCUT2D eigenvalue weighted by atomic mass is 35.5. The van der Waals surface area contributed by atoms with Gasteiger partial charge in [-0.1, -0.05) is 53.5 Å². The molecule has 0 saturated carbocycles. The molecular weight excluding hydrogens is 481 g/mol. The van der Waals surface area contributed by atoms with Crippen molar-refractivity contribution in [3.8, 4) is 16.9 Å². The summed E-state index contributed by atoms with van der Waals surface area (Å²) in [6.45, 7) is 0.0737. The summed E-state index contributed by atoms with van der Waals surface area (Å²) in [6.07, 6.45) is 0. The van der Waals surface area contributed by atoms with Gasteiger partial charge < -0.3 is 5.73 Å². The molecule has 7 nitrogen and oxygen atoms in total. The molecule has 0 aliphatic rings. The first-order chi connectivity index (χ1) is 15.8. The van der Waals surface area contributed by atoms with E-state index in [0.717, 1.165) is 16.9 Å². The highest BCUT2D eigenvalue weighted by Gasteiger charge is 2.15. The maximum absolute atomic E-state index is 12.4. The molecule has 1 aromatic heterocycles. The maximum Gasteiger partial charge on any atom is 0.264 e. The molecule has 0 spiro atoms. The van der Waals surface area contributed by atoms with Gasteiger partial charge in [0.15, 0.2) is 0 Å². The molecule has 4 aromatic rings. The lowest BCUT2D eigenvalue weighted by molar-refractivity contribution is 0.592. The van der Waals surface area contributed by atoms with Crippen LogP contribution >= 0.6 is 23.2 Å². The summed E-state index contributed by atoms with van der Waals surface area (Å²) >= 11 is 12.1. The van der Waals surface area contributed by atoms with Crippen molar-refractivity contribution in [3.05, 3.63) is 101 Å². The SMILES string of the molecule is NC(=NCc1cc(-c2ccc(Cl)cc2)n(-c2ccc(Cl)cc2)n1)NS(=O)(=O)c1ccccc1. The van der Waals surface area contributed by atoms with Gasteiger partial charge in [0.1, 0.15) is 0 Å². The van der Waals surface area contributed by atoms with E-state index in [9.17, 15) is 8.42 Å². The van der Waals surface area contributed by atoms with Crippen LogP contribution in [0.3, 0.4) is 0 Å². The zero-order valence-electron chi connectivity index (χ0n) is 17.2. The van der Waals surface area contributed by atoms with Crippen LogP contribution in [0.2, 0.25) is 10.0 Å². The molecule has 3 aromatic carbocycles. The van der Waals surface area contributed by atoms with Crippen molar-refractivity contribution < 1.29 is 8.42 Å². The number of aromatic nitrogens is 2. The Morgan fingerprint density at radius 2 is 1.55 bits per heavy atom. The Kier molecular flexibility index (Phi) is 6.69. The number of nitrogens with two attached hydrogens (primary N) is 1. The van der Waals surface area contributed by atoms with E-state index in [-0.39, 0.29) is 17.4 Å². The summed E-state index contributed by atoms with van der Waals surface area (Å²) in [4.78, 5) is 4.26. The van der Waals surface area contributed by atoms with Crippen LogP contribution < -0.4 is 10.5 Å². The van der Waals surface area contributed by atoms with Gasteiger partial charge in [-0.2, -0.15) is 5.10 Å². The van der Waals surface area contributed by atoms with E-state index >= 15 is 0 Å². The van der Waals surface area contributed by atoms with Gasteiger partial charge in [0.25, 0.3) is 10.0 Å². The van der Waals surface area contributed by atoms with Crippen molar-refractivity contribution in [1.29, 1.82) is 0 Å². The van der Waals surface area contributed by atoms with Gasteiger partial charge in [-0.05, 0) is 54.6 Å². The normalized spacial score (nSPS) is 12.0. The number of hydrogen-bond donors (Lipinski definition) is 2. The van der Waals surface area contributed by atoms with Crippen molar-refractivity contribution in [2.45, 2.75) is 11.4 Å². The lowest BCUT2D eigenvalue weighted by Gasteiger charge is -2.08. The first-order valence-corrected chi connectivity index (χ1v) is 12.0. The van der Waals surface area contributed by atoms with Gasteiger partial charge >= 0.3 is 0 Å². The van der Waals surface area contributed by atoms with Crippen LogP contribution in [0.5, 0.6) is 0 Å². The zero-order chi connectivity index (χ0) is 23.4. The average molecular weight is 500 g/mol. The van der Waals surface area contributed by atoms with Crippen LogP contribution in [0.25, 0.3) is 16.9 Å². The fraction of sp³-hybridized carbons (Fsp3) is 0.0435. The molecule has 0 unspecified atom stereocenters. The monoisotopic (exact) mass is 499 g/mol. The Morgan fingerprint density at radius 1 is 0.939 bits per heavy atom. The number of nitrogens with zero attached hydrogens (tertiary/aromatic N) is 3. The fourth-order valence-electron chi connectivity index (χ4n) is 3.11. The van der Waals surface area contributed by atoms with E-state index in [1.54, 1.807) is 47.1 Å². The Morgan fingerprint density at radius 3 is 2.18 bits per heavy atom. The number of halogens is 2. The zero-order valence-corrected chi connectivity index (χ0v) is 19.5. The predicted molar refractivity (Wildman–Crippen MR) is 131 cm³/mol. The van der Waals surface area contributed by atoms with E-state index in [0.29, 0.717) is 15.7 Å². The molecule has 0 bridgehead atoms. The van der Waals surface area contributed by atoms with Crippen LogP contribution in [0, 0.1) is 0 Å². The highest BCUT2D eigenvalue weighted by Crippen LogP contribution is 2.26. The van der Waals surface area contributed by atoms with Crippen molar-refractivity contribution in [1.82, 2.24) is 14.5 Å². The van der Waals surface area contributed by atoms with E-state index in [4.69, 9.17) is 28.9 Å². The van der Waals surface area contributed by atoms with E-state index in [1.165, 1.54) is 12.1 Å². The molecule has 0 radical (unpaired) electrons. The van der Waals surface area contributed by atoms with Crippen LogP contribution in [0.15, 0.2) is 94.8 Å². The molecule has 0 aliphatic heterocycles. The first kappa shape index (κ1) is 22.8. The molecule has 168 valence electrons. The molecule has 3 N–H and O–H groups in total. The van der Waals surface area contributed by atoms with Crippen molar-refractivity contribution in [3.63, 3.8) is 0 Å². The summed E-state index contributed by atoms with van der Waals surface area (Å²) in [5.74, 6) is -0.229. The molecular formula is C23H19Cl2N5O2S. The second-order valence-corrected chi connectivity index (χ2v) is 9.59. The number of aliphatic imine (C=N–C) groups is 1. The number of rotatable bonds is 6. The molecule has 33 heavy (non-hydrogen) atoms. The Hall–Kier alpha value is -3.33. The lowest BCUT2D eigenvalue weighted by Crippen LogP contribution is -2.36. The number of hydrogen-bond acceptors (Lipinski definition) is 4. The van der Waals surface area contributed by atoms with Gasteiger partial charge in [0.05, 0.1) is 28.5 Å². The van der Waals surface area contributed by atoms with E-state index in [2.05, 4.69) is 14.8 Å². The summed E-state index contributed by atoms with van der Waals surface area (Å²) < 4.78 is 28.9. The van der Waals surface area contributed by atoms with E-state index in [1.807, 2.05) is 30.3 Å². The highest BCUT2D eigenvalue weighted by molar-refractivity contribution is 7.90. The quantitative estimate of drug-likeness (QED) is 0.298. The van der Waals surface area contributed by atoms with Gasteiger partial charge in [-0.15, -0.1) is 0 Å². The van der Waals surface area contributed by atoms with Gasteiger partial charge in [0, 0.05) is 15.6 Å². The van der Waals surface area contributed by atoms with Crippen LogP contribution in [0.1, 0.15) is 5.69 Å². The smallest absolute Gasteiger partial charge is 0.264 e. The molecule has 0 amide bonds. The third kappa shape index (κ3) is 5.54. The summed E-state index contributed by atoms with van der Waals surface area (Å²) in [5.41, 5.74) is 8.94. The molecule has 0 saturated heterocycles. The number of sulfonamides is 1. The molecule has 4 rings (SSSR count). The summed E-state index contributed by atoms with van der Waals surface area (Å²) in [7, 11) is -3.82. The maximum atomic E-state index is 12.4. The standard InChI is InChI=1S/C23H19Cl2N5O2S/c24-17-8-6-16(7-9-17)22-14-19(28-30(22)20-12-10-18(25)11-13-20)15-27-23(26)29-33(31,32)21-4-2-1-3-5-21/h1-14H,15H2,(H3,26,27,29). The topological polar surface area (TPSA) is 102 Å². The molecule has 1 heterocycles. The minimum Gasteiger partial charge on any atom is -0.369 e. The van der Waals surface area contributed by atoms with Gasteiger partial charge in [0.2, 0.25) is 5.96 Å². The minimum absolute atomic E-state index is 0.0737. The van der Waals surface area contributed by atoms with E-state index < -0.39 is 10.0 Å². The largest absolute Gasteiger partial charge is 0.369 e. The van der Waals surface area contributed by atoms with Gasteiger partial charge in [-0.3, -0.25) is 0 Å². The van der Waals surface area contributed by atoms with Crippen molar-refractivity contribution in [2.75, 3.05) is 0 Å². The third-order valence-corrected chi connectivity index (χ3v) is 6.55. The first-order valence-electron chi connectivity index (χ1n) is 9.80. The minimum atomic E-state index is -3.82.